The number of thiazole rings is 1. The van der Waals surface area contributed by atoms with Crippen LogP contribution in [0.5, 0.6) is 0 Å². The van der Waals surface area contributed by atoms with E-state index >= 15 is 0 Å². The number of Topliss-reactive ketones (excluding diaryl/α,β-unsaturated/α-hetero) is 1. The van der Waals surface area contributed by atoms with Crippen LogP contribution in [0, 0.1) is 0 Å². The van der Waals surface area contributed by atoms with Crippen molar-refractivity contribution in [3.8, 4) is 10.4 Å². The predicted octanol–water partition coefficient (Wildman–Crippen LogP) is 1.99. The molecular weight excluding hydrogens is 224 g/mol. The van der Waals surface area contributed by atoms with Gasteiger partial charge in [0.15, 0.2) is 5.78 Å². The maximum absolute atomic E-state index is 11.4. The zero-order valence-corrected chi connectivity index (χ0v) is 9.28. The summed E-state index contributed by atoms with van der Waals surface area (Å²) in [5.41, 5.74) is 1.67. The molecule has 0 saturated carbocycles. The number of ketones is 1. The molecular formula is C10H8N4OS. The van der Waals surface area contributed by atoms with Crippen LogP contribution in [-0.4, -0.2) is 25.6 Å². The van der Waals surface area contributed by atoms with Crippen LogP contribution in [0.25, 0.3) is 15.3 Å². The van der Waals surface area contributed by atoms with E-state index in [0.29, 0.717) is 5.56 Å². The van der Waals surface area contributed by atoms with E-state index in [9.17, 15) is 4.79 Å². The molecule has 3 aromatic rings. The van der Waals surface area contributed by atoms with Crippen LogP contribution in [-0.2, 0) is 0 Å². The number of aromatic amines is 1. The third-order valence-corrected chi connectivity index (χ3v) is 3.52. The number of carbonyl (C=O) groups is 1. The molecule has 3 aromatic heterocycles. The van der Waals surface area contributed by atoms with Gasteiger partial charge in [0.2, 0.25) is 0 Å². The van der Waals surface area contributed by atoms with E-state index in [1.54, 1.807) is 23.8 Å². The van der Waals surface area contributed by atoms with Crippen molar-refractivity contribution < 1.29 is 4.79 Å². The minimum absolute atomic E-state index is 0.0376. The highest BCUT2D eigenvalue weighted by Gasteiger charge is 2.13. The third-order valence-electron chi connectivity index (χ3n) is 2.36. The van der Waals surface area contributed by atoms with Crippen LogP contribution in [0.1, 0.15) is 17.3 Å². The van der Waals surface area contributed by atoms with E-state index in [1.165, 1.54) is 11.3 Å². The Labute approximate surface area is 94.7 Å². The molecule has 6 heteroatoms. The van der Waals surface area contributed by atoms with E-state index in [0.717, 1.165) is 15.3 Å². The Morgan fingerprint density at radius 3 is 3.06 bits per heavy atom. The van der Waals surface area contributed by atoms with Gasteiger partial charge in [-0.25, -0.2) is 4.52 Å². The van der Waals surface area contributed by atoms with Crippen LogP contribution in [0.15, 0.2) is 24.8 Å². The van der Waals surface area contributed by atoms with Gasteiger partial charge in [-0.15, -0.1) is 11.3 Å². The molecule has 16 heavy (non-hydrogen) atoms. The number of hydrogen-bond donors (Lipinski definition) is 1. The van der Waals surface area contributed by atoms with Gasteiger partial charge in [0.25, 0.3) is 0 Å². The molecule has 0 spiro atoms. The summed E-state index contributed by atoms with van der Waals surface area (Å²) in [5.74, 6) is 0.0376. The zero-order chi connectivity index (χ0) is 11.1. The summed E-state index contributed by atoms with van der Waals surface area (Å²) < 4.78 is 1.73. The molecule has 0 aliphatic carbocycles. The summed E-state index contributed by atoms with van der Waals surface area (Å²) in [6, 6.07) is 0. The molecule has 0 aromatic carbocycles. The fourth-order valence-electron chi connectivity index (χ4n) is 1.55. The maximum Gasteiger partial charge on any atom is 0.164 e. The monoisotopic (exact) mass is 232 g/mol. The number of nitrogens with one attached hydrogen (secondary N) is 1. The Bertz CT molecular complexity index is 650. The van der Waals surface area contributed by atoms with Crippen molar-refractivity contribution in [2.24, 2.45) is 0 Å². The largest absolute Gasteiger partial charge is 0.294 e. The van der Waals surface area contributed by atoms with Gasteiger partial charge in [-0.05, 0) is 6.92 Å². The normalized spacial score (nSPS) is 11.1. The quantitative estimate of drug-likeness (QED) is 0.687. The van der Waals surface area contributed by atoms with Gasteiger partial charge >= 0.3 is 0 Å². The lowest BCUT2D eigenvalue weighted by molar-refractivity contribution is 0.101. The molecule has 80 valence electrons. The van der Waals surface area contributed by atoms with E-state index < -0.39 is 0 Å². The molecule has 0 bridgehead atoms. The minimum atomic E-state index is 0.0376. The summed E-state index contributed by atoms with van der Waals surface area (Å²) in [4.78, 5) is 13.3. The van der Waals surface area contributed by atoms with Gasteiger partial charge in [-0.3, -0.25) is 9.89 Å². The maximum atomic E-state index is 11.4. The first-order valence-corrected chi connectivity index (χ1v) is 5.54. The molecule has 0 saturated heterocycles. The molecule has 0 aliphatic heterocycles. The molecule has 0 radical (unpaired) electrons. The first-order valence-electron chi connectivity index (χ1n) is 4.73. The van der Waals surface area contributed by atoms with E-state index in [1.807, 2.05) is 12.4 Å². The SMILES string of the molecule is CC(=O)c1cnn2cc(-c3cn[nH]c3)sc12. The topological polar surface area (TPSA) is 63.1 Å². The Balaban J connectivity index is 2.20. The Morgan fingerprint density at radius 2 is 2.38 bits per heavy atom. The second kappa shape index (κ2) is 3.28. The van der Waals surface area contributed by atoms with Crippen molar-refractivity contribution in [3.05, 3.63) is 30.4 Å². The standard InChI is InChI=1S/C10H8N4OS/c1-6(15)8-4-13-14-5-9(16-10(8)14)7-2-11-12-3-7/h2-5H,1H3,(H,11,12). The fraction of sp³-hybridized carbons (Fsp3) is 0.100. The summed E-state index contributed by atoms with van der Waals surface area (Å²) in [5, 5.41) is 10.8. The Hall–Kier alpha value is -1.95. The summed E-state index contributed by atoms with van der Waals surface area (Å²) in [6.45, 7) is 1.55. The summed E-state index contributed by atoms with van der Waals surface area (Å²) >= 11 is 1.54. The molecule has 0 unspecified atom stereocenters. The van der Waals surface area contributed by atoms with Crippen LogP contribution in [0.3, 0.4) is 0 Å². The van der Waals surface area contributed by atoms with Gasteiger partial charge < -0.3 is 0 Å². The van der Waals surface area contributed by atoms with Crippen LogP contribution in [0.2, 0.25) is 0 Å². The van der Waals surface area contributed by atoms with Crippen molar-refractivity contribution in [1.82, 2.24) is 19.8 Å². The van der Waals surface area contributed by atoms with E-state index in [-0.39, 0.29) is 5.78 Å². The number of carbonyl (C=O) groups excluding carboxylic acids is 1. The number of H-pyrrole nitrogens is 1. The van der Waals surface area contributed by atoms with E-state index in [4.69, 9.17) is 0 Å². The predicted molar refractivity (Wildman–Crippen MR) is 60.7 cm³/mol. The lowest BCUT2D eigenvalue weighted by atomic mass is 10.3. The molecule has 5 nitrogen and oxygen atoms in total. The summed E-state index contributed by atoms with van der Waals surface area (Å²) in [7, 11) is 0. The highest BCUT2D eigenvalue weighted by molar-refractivity contribution is 7.21. The van der Waals surface area contributed by atoms with Gasteiger partial charge in [0, 0.05) is 18.0 Å². The highest BCUT2D eigenvalue weighted by Crippen LogP contribution is 2.29. The summed E-state index contributed by atoms with van der Waals surface area (Å²) in [6.07, 6.45) is 7.07. The number of hydrogen-bond acceptors (Lipinski definition) is 4. The highest BCUT2D eigenvalue weighted by atomic mass is 32.1. The van der Waals surface area contributed by atoms with Crippen molar-refractivity contribution in [1.29, 1.82) is 0 Å². The average molecular weight is 232 g/mol. The van der Waals surface area contributed by atoms with Crippen LogP contribution >= 0.6 is 11.3 Å². The lowest BCUT2D eigenvalue weighted by Crippen LogP contribution is -1.87. The molecule has 0 amide bonds. The van der Waals surface area contributed by atoms with Gasteiger partial charge in [-0.2, -0.15) is 10.2 Å². The number of aromatic nitrogens is 4. The number of nitrogens with zero attached hydrogens (tertiary/aromatic N) is 3. The minimum Gasteiger partial charge on any atom is -0.294 e. The molecule has 0 fully saturated rings. The first-order chi connectivity index (χ1) is 7.75. The van der Waals surface area contributed by atoms with Gasteiger partial charge in [0.1, 0.15) is 4.83 Å². The molecule has 3 rings (SSSR count). The van der Waals surface area contributed by atoms with Crippen molar-refractivity contribution >= 4 is 22.0 Å². The fourth-order valence-corrected chi connectivity index (χ4v) is 2.64. The number of fused-ring (bicyclic) bond motifs is 1. The Morgan fingerprint density at radius 1 is 1.50 bits per heavy atom. The smallest absolute Gasteiger partial charge is 0.164 e. The average Bonchev–Trinajstić information content (AvgIpc) is 2.92. The third kappa shape index (κ3) is 1.27. The molecule has 1 N–H and O–H groups in total. The van der Waals surface area contributed by atoms with Crippen LogP contribution in [0.4, 0.5) is 0 Å². The lowest BCUT2D eigenvalue weighted by Gasteiger charge is -1.86. The molecule has 0 atom stereocenters. The van der Waals surface area contributed by atoms with Gasteiger partial charge in [-0.1, -0.05) is 0 Å². The van der Waals surface area contributed by atoms with Crippen molar-refractivity contribution in [2.75, 3.05) is 0 Å². The molecule has 3 heterocycles. The number of rotatable bonds is 2. The molecule has 0 aliphatic rings. The zero-order valence-electron chi connectivity index (χ0n) is 8.47. The second-order valence-electron chi connectivity index (χ2n) is 3.45. The van der Waals surface area contributed by atoms with Gasteiger partial charge in [0.05, 0.1) is 22.8 Å². The Kier molecular flexibility index (Phi) is 1.90. The van der Waals surface area contributed by atoms with Crippen molar-refractivity contribution in [2.45, 2.75) is 6.92 Å². The van der Waals surface area contributed by atoms with Crippen LogP contribution < -0.4 is 0 Å². The second-order valence-corrected chi connectivity index (χ2v) is 4.48. The van der Waals surface area contributed by atoms with E-state index in [2.05, 4.69) is 15.3 Å². The van der Waals surface area contributed by atoms with Crippen molar-refractivity contribution in [3.63, 3.8) is 0 Å². The first kappa shape index (κ1) is 9.29.